The molecule has 23 heavy (non-hydrogen) atoms. The number of furan rings is 1. The van der Waals surface area contributed by atoms with Crippen molar-refractivity contribution in [1.82, 2.24) is 0 Å². The maximum Gasteiger partial charge on any atom is 0.374 e. The predicted molar refractivity (Wildman–Crippen MR) is 83.2 cm³/mol. The van der Waals surface area contributed by atoms with E-state index in [2.05, 4.69) is 0 Å². The Hall–Kier alpha value is -2.56. The normalized spacial score (nSPS) is 16.8. The van der Waals surface area contributed by atoms with Crippen LogP contribution in [0.5, 0.6) is 5.75 Å². The second-order valence-corrected chi connectivity index (χ2v) is 5.65. The summed E-state index contributed by atoms with van der Waals surface area (Å²) >= 11 is 0. The fraction of sp³-hybridized carbons (Fsp3) is 0.333. The van der Waals surface area contributed by atoms with E-state index in [0.29, 0.717) is 29.7 Å². The van der Waals surface area contributed by atoms with E-state index < -0.39 is 5.97 Å². The highest BCUT2D eigenvalue weighted by molar-refractivity contribution is 6.03. The van der Waals surface area contributed by atoms with Gasteiger partial charge >= 0.3 is 5.97 Å². The summed E-state index contributed by atoms with van der Waals surface area (Å²) in [5.74, 6) is 0.964. The van der Waals surface area contributed by atoms with Gasteiger partial charge < -0.3 is 13.9 Å². The average molecular weight is 314 g/mol. The fourth-order valence-electron chi connectivity index (χ4n) is 3.10. The minimum Gasteiger partial charge on any atom is -0.497 e. The molecule has 1 aromatic heterocycles. The third kappa shape index (κ3) is 2.63. The summed E-state index contributed by atoms with van der Waals surface area (Å²) in [5.41, 5.74) is 2.17. The lowest BCUT2D eigenvalue weighted by Crippen LogP contribution is -2.18. The maximum atomic E-state index is 12.5. The smallest absolute Gasteiger partial charge is 0.374 e. The molecule has 1 aliphatic rings. The number of benzene rings is 1. The highest BCUT2D eigenvalue weighted by atomic mass is 16.5. The van der Waals surface area contributed by atoms with Crippen LogP contribution in [0.4, 0.5) is 0 Å². The Balaban J connectivity index is 1.93. The summed E-state index contributed by atoms with van der Waals surface area (Å²) in [4.78, 5) is 24.2. The van der Waals surface area contributed by atoms with Crippen molar-refractivity contribution < 1.29 is 23.5 Å². The van der Waals surface area contributed by atoms with Gasteiger partial charge in [0.2, 0.25) is 5.76 Å². The van der Waals surface area contributed by atoms with Crippen LogP contribution in [0.2, 0.25) is 0 Å². The van der Waals surface area contributed by atoms with Gasteiger partial charge in [0, 0.05) is 18.4 Å². The molecule has 1 atom stereocenters. The van der Waals surface area contributed by atoms with Crippen LogP contribution in [0.1, 0.15) is 50.1 Å². The van der Waals surface area contributed by atoms with E-state index in [1.165, 1.54) is 7.11 Å². The number of rotatable bonds is 3. The lowest BCUT2D eigenvalue weighted by atomic mass is 9.82. The molecule has 0 radical (unpaired) electrons. The topological polar surface area (TPSA) is 65.7 Å². The van der Waals surface area contributed by atoms with E-state index >= 15 is 0 Å². The Kier molecular flexibility index (Phi) is 3.94. The molecule has 3 rings (SSSR count). The number of Topliss-reactive ketones (excluding diaryl/α,β-unsaturated/α-hetero) is 1. The van der Waals surface area contributed by atoms with Gasteiger partial charge in [-0.15, -0.1) is 0 Å². The van der Waals surface area contributed by atoms with Gasteiger partial charge in [0.05, 0.1) is 19.8 Å². The van der Waals surface area contributed by atoms with Crippen LogP contribution in [0.25, 0.3) is 0 Å². The number of hydrogen-bond acceptors (Lipinski definition) is 5. The van der Waals surface area contributed by atoms with E-state index in [0.717, 1.165) is 11.3 Å². The van der Waals surface area contributed by atoms with E-state index in [9.17, 15) is 9.59 Å². The molecule has 0 saturated heterocycles. The first-order valence-corrected chi connectivity index (χ1v) is 7.42. The standard InChI is InChI=1S/C18H18O5/c1-10-16-14(19)8-12(11-4-6-13(21-2)7-5-11)9-15(16)23-17(10)18(20)22-3/h4-7,12H,8-9H2,1-3H3/t12-/m1/s1. The number of carbonyl (C=O) groups excluding carboxylic acids is 2. The molecule has 5 nitrogen and oxygen atoms in total. The number of methoxy groups -OCH3 is 2. The number of ketones is 1. The first kappa shape index (κ1) is 15.3. The van der Waals surface area contributed by atoms with Crippen LogP contribution in [-0.4, -0.2) is 26.0 Å². The molecule has 0 aliphatic heterocycles. The Labute approximate surface area is 134 Å². The van der Waals surface area contributed by atoms with Crippen LogP contribution in [0.15, 0.2) is 28.7 Å². The minimum atomic E-state index is -0.550. The van der Waals surface area contributed by atoms with E-state index in [-0.39, 0.29) is 17.5 Å². The molecular formula is C18H18O5. The Morgan fingerprint density at radius 3 is 2.48 bits per heavy atom. The monoisotopic (exact) mass is 314 g/mol. The lowest BCUT2D eigenvalue weighted by molar-refractivity contribution is 0.0561. The van der Waals surface area contributed by atoms with Crippen LogP contribution in [0.3, 0.4) is 0 Å². The lowest BCUT2D eigenvalue weighted by Gasteiger charge is -2.21. The van der Waals surface area contributed by atoms with Crippen molar-refractivity contribution >= 4 is 11.8 Å². The number of esters is 1. The maximum absolute atomic E-state index is 12.5. The van der Waals surface area contributed by atoms with Crippen molar-refractivity contribution in [2.45, 2.75) is 25.7 Å². The molecule has 0 amide bonds. The first-order chi connectivity index (χ1) is 11.0. The second kappa shape index (κ2) is 5.91. The van der Waals surface area contributed by atoms with Crippen molar-refractivity contribution in [3.63, 3.8) is 0 Å². The number of carbonyl (C=O) groups is 2. The Morgan fingerprint density at radius 2 is 1.87 bits per heavy atom. The molecule has 0 N–H and O–H groups in total. The largest absolute Gasteiger partial charge is 0.497 e. The molecule has 5 heteroatoms. The molecule has 0 fully saturated rings. The summed E-state index contributed by atoms with van der Waals surface area (Å²) in [6, 6.07) is 7.67. The van der Waals surface area contributed by atoms with Gasteiger partial charge in [-0.3, -0.25) is 4.79 Å². The Morgan fingerprint density at radius 1 is 1.17 bits per heavy atom. The van der Waals surface area contributed by atoms with Crippen LogP contribution >= 0.6 is 0 Å². The number of hydrogen-bond donors (Lipinski definition) is 0. The third-order valence-corrected chi connectivity index (χ3v) is 4.32. The van der Waals surface area contributed by atoms with Gasteiger partial charge in [-0.1, -0.05) is 12.1 Å². The van der Waals surface area contributed by atoms with E-state index in [1.807, 2.05) is 24.3 Å². The molecule has 1 aliphatic carbocycles. The zero-order valence-corrected chi connectivity index (χ0v) is 13.3. The van der Waals surface area contributed by atoms with Crippen LogP contribution in [0, 0.1) is 6.92 Å². The molecule has 1 heterocycles. The van der Waals surface area contributed by atoms with Crippen molar-refractivity contribution in [2.75, 3.05) is 14.2 Å². The molecule has 0 unspecified atom stereocenters. The molecule has 0 bridgehead atoms. The summed E-state index contributed by atoms with van der Waals surface area (Å²) in [6.45, 7) is 1.72. The highest BCUT2D eigenvalue weighted by Gasteiger charge is 2.34. The predicted octanol–water partition coefficient (Wildman–Crippen LogP) is 3.30. The quantitative estimate of drug-likeness (QED) is 0.813. The zero-order chi connectivity index (χ0) is 16.6. The SMILES string of the molecule is COC(=O)c1oc2c(c1C)C(=O)C[C@@H](c1ccc(OC)cc1)C2. The van der Waals surface area contributed by atoms with Crippen LogP contribution in [-0.2, 0) is 11.2 Å². The van der Waals surface area contributed by atoms with E-state index in [4.69, 9.17) is 13.9 Å². The summed E-state index contributed by atoms with van der Waals surface area (Å²) in [7, 11) is 2.91. The minimum absolute atomic E-state index is 0.00321. The molecular weight excluding hydrogens is 296 g/mol. The molecule has 1 aromatic carbocycles. The van der Waals surface area contributed by atoms with Gasteiger partial charge in [-0.25, -0.2) is 4.79 Å². The third-order valence-electron chi connectivity index (χ3n) is 4.32. The Bertz CT molecular complexity index is 754. The molecule has 2 aromatic rings. The van der Waals surface area contributed by atoms with Crippen molar-refractivity contribution in [3.8, 4) is 5.75 Å². The van der Waals surface area contributed by atoms with Gasteiger partial charge in [0.25, 0.3) is 0 Å². The zero-order valence-electron chi connectivity index (χ0n) is 13.3. The van der Waals surface area contributed by atoms with Gasteiger partial charge in [0.15, 0.2) is 5.78 Å². The summed E-state index contributed by atoms with van der Waals surface area (Å²) < 4.78 is 15.5. The summed E-state index contributed by atoms with van der Waals surface area (Å²) in [6.07, 6.45) is 0.992. The highest BCUT2D eigenvalue weighted by Crippen LogP contribution is 2.37. The first-order valence-electron chi connectivity index (χ1n) is 7.42. The van der Waals surface area contributed by atoms with Gasteiger partial charge in [-0.2, -0.15) is 0 Å². The molecule has 120 valence electrons. The number of ether oxygens (including phenoxy) is 2. The number of fused-ring (bicyclic) bond motifs is 1. The van der Waals surface area contributed by atoms with Crippen molar-refractivity contribution in [3.05, 3.63) is 52.5 Å². The van der Waals surface area contributed by atoms with Crippen molar-refractivity contribution in [1.29, 1.82) is 0 Å². The van der Waals surface area contributed by atoms with Gasteiger partial charge in [-0.05, 0) is 30.5 Å². The average Bonchev–Trinajstić information content (AvgIpc) is 2.91. The van der Waals surface area contributed by atoms with E-state index in [1.54, 1.807) is 14.0 Å². The molecule has 0 spiro atoms. The second-order valence-electron chi connectivity index (χ2n) is 5.65. The molecule has 0 saturated carbocycles. The van der Waals surface area contributed by atoms with Gasteiger partial charge in [0.1, 0.15) is 11.5 Å². The van der Waals surface area contributed by atoms with Crippen molar-refractivity contribution in [2.24, 2.45) is 0 Å². The summed E-state index contributed by atoms with van der Waals surface area (Å²) in [5, 5.41) is 0. The fourth-order valence-corrected chi connectivity index (χ4v) is 3.10. The van der Waals surface area contributed by atoms with Crippen LogP contribution < -0.4 is 4.74 Å².